The summed E-state index contributed by atoms with van der Waals surface area (Å²) in [7, 11) is -3.43. The highest BCUT2D eigenvalue weighted by atomic mass is 32.2. The van der Waals surface area contributed by atoms with Crippen LogP contribution in [0.25, 0.3) is 0 Å². The molecule has 2 aliphatic rings. The molecule has 164 valence electrons. The van der Waals surface area contributed by atoms with Gasteiger partial charge in [-0.3, -0.25) is 4.90 Å². The average molecular weight is 423 g/mol. The second-order valence-corrected chi connectivity index (χ2v) is 10.3. The largest absolute Gasteiger partial charge is 0.447 e. The summed E-state index contributed by atoms with van der Waals surface area (Å²) in [4.78, 5) is 13.9. The van der Waals surface area contributed by atoms with Crippen molar-refractivity contribution in [1.82, 2.24) is 9.62 Å². The zero-order valence-corrected chi connectivity index (χ0v) is 18.2. The Morgan fingerprint density at radius 3 is 2.43 bits per heavy atom. The van der Waals surface area contributed by atoms with Crippen LogP contribution in [0.3, 0.4) is 0 Å². The summed E-state index contributed by atoms with van der Waals surface area (Å²) in [6, 6.07) is -1.15. The molecule has 0 aromatic heterocycles. The molecule has 2 fully saturated rings. The SMILES string of the molecule is CC(C)C1CCC(OC[C@@H]2[C@H](NS(C)(=O)=O)C[C@H](C)N2C(=O)OCCF)CC1. The minimum absolute atomic E-state index is 0.119. The molecule has 0 unspecified atom stereocenters. The number of carbonyl (C=O) groups excluding carboxylic acids is 1. The first-order valence-corrected chi connectivity index (χ1v) is 12.1. The first kappa shape index (κ1) is 23.3. The first-order chi connectivity index (χ1) is 13.1. The van der Waals surface area contributed by atoms with E-state index >= 15 is 0 Å². The van der Waals surface area contributed by atoms with E-state index in [1.54, 1.807) is 0 Å². The van der Waals surface area contributed by atoms with Crippen molar-refractivity contribution in [3.05, 3.63) is 0 Å². The summed E-state index contributed by atoms with van der Waals surface area (Å²) in [5.41, 5.74) is 0. The zero-order chi connectivity index (χ0) is 20.9. The number of rotatable bonds is 8. The normalized spacial score (nSPS) is 31.4. The Bertz CT molecular complexity index is 607. The quantitative estimate of drug-likeness (QED) is 0.650. The van der Waals surface area contributed by atoms with Gasteiger partial charge in [-0.2, -0.15) is 0 Å². The molecule has 3 atom stereocenters. The van der Waals surface area contributed by atoms with Crippen LogP contribution in [-0.4, -0.2) is 69.8 Å². The van der Waals surface area contributed by atoms with Crippen molar-refractivity contribution in [2.24, 2.45) is 11.8 Å². The van der Waals surface area contributed by atoms with Crippen LogP contribution in [0.1, 0.15) is 52.9 Å². The molecule has 0 aromatic rings. The zero-order valence-electron chi connectivity index (χ0n) is 17.4. The van der Waals surface area contributed by atoms with Crippen LogP contribution in [0.15, 0.2) is 0 Å². The third-order valence-corrected chi connectivity index (χ3v) is 6.67. The molecule has 1 aliphatic carbocycles. The van der Waals surface area contributed by atoms with E-state index in [1.807, 2.05) is 6.92 Å². The smallest absolute Gasteiger partial charge is 0.410 e. The first-order valence-electron chi connectivity index (χ1n) is 10.2. The molecular formula is C19H35FN2O5S. The number of halogens is 1. The summed E-state index contributed by atoms with van der Waals surface area (Å²) in [6.45, 7) is 5.50. The Labute approximate surface area is 168 Å². The molecule has 1 saturated carbocycles. The topological polar surface area (TPSA) is 84.9 Å². The molecule has 1 saturated heterocycles. The molecule has 1 heterocycles. The van der Waals surface area contributed by atoms with Crippen LogP contribution < -0.4 is 4.72 Å². The van der Waals surface area contributed by atoms with E-state index < -0.39 is 34.9 Å². The molecule has 2 rings (SSSR count). The van der Waals surface area contributed by atoms with Crippen molar-refractivity contribution in [2.45, 2.75) is 77.1 Å². The van der Waals surface area contributed by atoms with Crippen molar-refractivity contribution in [3.8, 4) is 0 Å². The number of hydrogen-bond acceptors (Lipinski definition) is 5. The molecule has 0 bridgehead atoms. The summed E-state index contributed by atoms with van der Waals surface area (Å²) in [6.07, 6.45) is 5.25. The van der Waals surface area contributed by atoms with Gasteiger partial charge in [-0.25, -0.2) is 22.3 Å². The number of ether oxygens (including phenoxy) is 2. The lowest BCUT2D eigenvalue weighted by atomic mass is 9.80. The predicted octanol–water partition coefficient (Wildman–Crippen LogP) is 2.70. The second-order valence-electron chi connectivity index (χ2n) is 8.47. The number of hydrogen-bond donors (Lipinski definition) is 1. The lowest BCUT2D eigenvalue weighted by Gasteiger charge is -2.34. The van der Waals surface area contributed by atoms with Crippen molar-refractivity contribution >= 4 is 16.1 Å². The van der Waals surface area contributed by atoms with Crippen LogP contribution in [0.2, 0.25) is 0 Å². The maximum absolute atomic E-state index is 12.4. The van der Waals surface area contributed by atoms with E-state index in [-0.39, 0.29) is 25.4 Å². The minimum atomic E-state index is -3.43. The molecule has 0 aromatic carbocycles. The Morgan fingerprint density at radius 2 is 1.89 bits per heavy atom. The molecule has 7 nitrogen and oxygen atoms in total. The Kier molecular flexibility index (Phi) is 8.51. The molecule has 1 aliphatic heterocycles. The van der Waals surface area contributed by atoms with Gasteiger partial charge in [-0.05, 0) is 50.9 Å². The Morgan fingerprint density at radius 1 is 1.25 bits per heavy atom. The molecule has 28 heavy (non-hydrogen) atoms. The van der Waals surface area contributed by atoms with Crippen molar-refractivity contribution in [3.63, 3.8) is 0 Å². The van der Waals surface area contributed by atoms with Gasteiger partial charge in [-0.1, -0.05) is 13.8 Å². The highest BCUT2D eigenvalue weighted by Gasteiger charge is 2.44. The van der Waals surface area contributed by atoms with Gasteiger partial charge < -0.3 is 9.47 Å². The van der Waals surface area contributed by atoms with Gasteiger partial charge in [-0.15, -0.1) is 0 Å². The number of alkyl halides is 1. The highest BCUT2D eigenvalue weighted by molar-refractivity contribution is 7.88. The summed E-state index contributed by atoms with van der Waals surface area (Å²) >= 11 is 0. The Hall–Kier alpha value is -0.930. The van der Waals surface area contributed by atoms with Gasteiger partial charge in [0.05, 0.1) is 25.0 Å². The van der Waals surface area contributed by atoms with Gasteiger partial charge >= 0.3 is 6.09 Å². The van der Waals surface area contributed by atoms with Gasteiger partial charge in [0, 0.05) is 12.1 Å². The second kappa shape index (κ2) is 10.2. The number of likely N-dealkylation sites (tertiary alicyclic amines) is 1. The molecule has 0 spiro atoms. The third-order valence-electron chi connectivity index (χ3n) is 5.93. The average Bonchev–Trinajstić information content (AvgIpc) is 2.91. The predicted molar refractivity (Wildman–Crippen MR) is 105 cm³/mol. The van der Waals surface area contributed by atoms with E-state index in [0.29, 0.717) is 12.3 Å². The third kappa shape index (κ3) is 6.56. The standard InChI is InChI=1S/C19H35FN2O5S/c1-13(2)15-5-7-16(8-6-15)27-12-18-17(21-28(4,24)25)11-14(3)22(18)19(23)26-10-9-20/h13-18,21H,5-12H2,1-4H3/t14-,15?,16?,17+,18+/m0/s1. The fourth-order valence-electron chi connectivity index (χ4n) is 4.43. The van der Waals surface area contributed by atoms with Crippen LogP contribution in [0.4, 0.5) is 9.18 Å². The lowest BCUT2D eigenvalue weighted by molar-refractivity contribution is -0.0177. The van der Waals surface area contributed by atoms with Crippen LogP contribution in [-0.2, 0) is 19.5 Å². The summed E-state index contributed by atoms with van der Waals surface area (Å²) in [5, 5.41) is 0. The number of sulfonamides is 1. The van der Waals surface area contributed by atoms with Gasteiger partial charge in [0.1, 0.15) is 13.3 Å². The molecule has 1 N–H and O–H groups in total. The summed E-state index contributed by atoms with van der Waals surface area (Å²) in [5.74, 6) is 1.39. The highest BCUT2D eigenvalue weighted by Crippen LogP contribution is 2.32. The number of nitrogens with zero attached hydrogens (tertiary/aromatic N) is 1. The van der Waals surface area contributed by atoms with Gasteiger partial charge in [0.15, 0.2) is 0 Å². The van der Waals surface area contributed by atoms with Crippen LogP contribution >= 0.6 is 0 Å². The molecule has 0 radical (unpaired) electrons. The molecule has 1 amide bonds. The summed E-state index contributed by atoms with van der Waals surface area (Å²) < 4.78 is 49.6. The van der Waals surface area contributed by atoms with Crippen LogP contribution in [0, 0.1) is 11.8 Å². The van der Waals surface area contributed by atoms with Gasteiger partial charge in [0.2, 0.25) is 10.0 Å². The molecule has 9 heteroatoms. The van der Waals surface area contributed by atoms with Gasteiger partial charge in [0.25, 0.3) is 0 Å². The van der Waals surface area contributed by atoms with E-state index in [4.69, 9.17) is 9.47 Å². The molecular weight excluding hydrogens is 387 g/mol. The number of nitrogens with one attached hydrogen (secondary N) is 1. The van der Waals surface area contributed by atoms with E-state index in [0.717, 1.165) is 37.9 Å². The maximum atomic E-state index is 12.4. The minimum Gasteiger partial charge on any atom is -0.447 e. The van der Waals surface area contributed by atoms with E-state index in [9.17, 15) is 17.6 Å². The number of amides is 1. The van der Waals surface area contributed by atoms with Crippen molar-refractivity contribution < 1.29 is 27.1 Å². The monoisotopic (exact) mass is 422 g/mol. The fraction of sp³-hybridized carbons (Fsp3) is 0.947. The van der Waals surface area contributed by atoms with E-state index in [1.165, 1.54) is 4.90 Å². The number of carbonyl (C=O) groups is 1. The maximum Gasteiger partial charge on any atom is 0.410 e. The van der Waals surface area contributed by atoms with Crippen molar-refractivity contribution in [1.29, 1.82) is 0 Å². The van der Waals surface area contributed by atoms with Crippen LogP contribution in [0.5, 0.6) is 0 Å². The fourth-order valence-corrected chi connectivity index (χ4v) is 5.23. The van der Waals surface area contributed by atoms with Crippen molar-refractivity contribution in [2.75, 3.05) is 26.1 Å². The van der Waals surface area contributed by atoms with E-state index in [2.05, 4.69) is 18.6 Å². The Balaban J connectivity index is 2.02. The lowest BCUT2D eigenvalue weighted by Crippen LogP contribution is -2.50.